The Kier molecular flexibility index (Phi) is 5.07. The quantitative estimate of drug-likeness (QED) is 0.747. The molecule has 0 saturated carbocycles. The zero-order chi connectivity index (χ0) is 15.4. The molecule has 0 aliphatic rings. The van der Waals surface area contributed by atoms with E-state index in [2.05, 4.69) is 0 Å². The molecule has 112 valence electrons. The number of hydrogen-bond acceptors (Lipinski definition) is 2. The molecule has 0 saturated heterocycles. The molecule has 2 rings (SSSR count). The van der Waals surface area contributed by atoms with Crippen molar-refractivity contribution >= 4 is 11.6 Å². The van der Waals surface area contributed by atoms with E-state index in [1.54, 1.807) is 26.4 Å². The third kappa shape index (κ3) is 3.67. The number of methoxy groups -OCH3 is 2. The molecule has 2 aromatic rings. The lowest BCUT2D eigenvalue weighted by Gasteiger charge is -2.16. The summed E-state index contributed by atoms with van der Waals surface area (Å²) in [7, 11) is 3.20. The van der Waals surface area contributed by atoms with Gasteiger partial charge in [-0.15, -0.1) is 11.6 Å². The fourth-order valence-electron chi connectivity index (χ4n) is 2.27. The minimum atomic E-state index is -0.243. The Balaban J connectivity index is 2.26. The molecule has 1 atom stereocenters. The molecule has 0 spiro atoms. The van der Waals surface area contributed by atoms with Crippen LogP contribution in [0.1, 0.15) is 22.1 Å². The highest BCUT2D eigenvalue weighted by Crippen LogP contribution is 2.36. The van der Waals surface area contributed by atoms with E-state index in [1.807, 2.05) is 19.1 Å². The van der Waals surface area contributed by atoms with E-state index in [4.69, 9.17) is 21.1 Å². The molecule has 4 heteroatoms. The van der Waals surface area contributed by atoms with E-state index in [0.717, 1.165) is 16.7 Å². The molecule has 2 aromatic carbocycles. The van der Waals surface area contributed by atoms with Gasteiger partial charge in [0.05, 0.1) is 19.6 Å². The maximum absolute atomic E-state index is 12.9. The number of aryl methyl sites for hydroxylation is 1. The maximum Gasteiger partial charge on any atom is 0.161 e. The molecule has 0 bridgehead atoms. The van der Waals surface area contributed by atoms with Crippen molar-refractivity contribution in [3.8, 4) is 11.5 Å². The van der Waals surface area contributed by atoms with Crippen LogP contribution in [0.2, 0.25) is 0 Å². The third-order valence-electron chi connectivity index (χ3n) is 3.44. The van der Waals surface area contributed by atoms with Crippen molar-refractivity contribution in [2.24, 2.45) is 0 Å². The van der Waals surface area contributed by atoms with Gasteiger partial charge in [0.2, 0.25) is 0 Å². The van der Waals surface area contributed by atoms with Crippen molar-refractivity contribution in [3.05, 3.63) is 58.9 Å². The van der Waals surface area contributed by atoms with Gasteiger partial charge < -0.3 is 9.47 Å². The summed E-state index contributed by atoms with van der Waals surface area (Å²) < 4.78 is 23.5. The molecule has 0 aromatic heterocycles. The van der Waals surface area contributed by atoms with Gasteiger partial charge in [-0.25, -0.2) is 4.39 Å². The third-order valence-corrected chi connectivity index (χ3v) is 3.83. The van der Waals surface area contributed by atoms with Gasteiger partial charge in [-0.1, -0.05) is 12.1 Å². The second-order valence-electron chi connectivity index (χ2n) is 4.86. The number of ether oxygens (including phenoxy) is 2. The summed E-state index contributed by atoms with van der Waals surface area (Å²) in [6, 6.07) is 10.2. The van der Waals surface area contributed by atoms with Crippen LogP contribution < -0.4 is 9.47 Å². The lowest BCUT2D eigenvalue weighted by molar-refractivity contribution is 0.354. The standard InChI is InChI=1S/C17H18ClFO2/c1-11-8-16(20-2)17(21-3)10-14(11)15(18)9-12-4-6-13(19)7-5-12/h4-8,10,15H,9H2,1-3H3. The predicted molar refractivity (Wildman–Crippen MR) is 83.0 cm³/mol. The van der Waals surface area contributed by atoms with Gasteiger partial charge in [-0.2, -0.15) is 0 Å². The van der Waals surface area contributed by atoms with Gasteiger partial charge in [0, 0.05) is 0 Å². The topological polar surface area (TPSA) is 18.5 Å². The Morgan fingerprint density at radius 1 is 1.05 bits per heavy atom. The average Bonchev–Trinajstić information content (AvgIpc) is 2.49. The molecule has 0 heterocycles. The zero-order valence-electron chi connectivity index (χ0n) is 12.3. The Bertz CT molecular complexity index is 611. The summed E-state index contributed by atoms with van der Waals surface area (Å²) in [5, 5.41) is -0.213. The molecule has 0 N–H and O–H groups in total. The second-order valence-corrected chi connectivity index (χ2v) is 5.39. The Morgan fingerprint density at radius 3 is 2.19 bits per heavy atom. The highest BCUT2D eigenvalue weighted by Gasteiger charge is 2.16. The predicted octanol–water partition coefficient (Wildman–Crippen LogP) is 4.67. The number of hydrogen-bond donors (Lipinski definition) is 0. The van der Waals surface area contributed by atoms with Crippen LogP contribution in [0.15, 0.2) is 36.4 Å². The second kappa shape index (κ2) is 6.81. The van der Waals surface area contributed by atoms with Crippen LogP contribution in [-0.4, -0.2) is 14.2 Å². The number of alkyl halides is 1. The van der Waals surface area contributed by atoms with Crippen LogP contribution in [0.25, 0.3) is 0 Å². The molecule has 21 heavy (non-hydrogen) atoms. The van der Waals surface area contributed by atoms with Gasteiger partial charge in [-0.05, 0) is 54.3 Å². The molecular weight excluding hydrogens is 291 g/mol. The Hall–Kier alpha value is -1.74. The summed E-state index contributed by atoms with van der Waals surface area (Å²) in [6.45, 7) is 1.98. The largest absolute Gasteiger partial charge is 0.493 e. The highest BCUT2D eigenvalue weighted by molar-refractivity contribution is 6.21. The van der Waals surface area contributed by atoms with Crippen LogP contribution in [0.3, 0.4) is 0 Å². The van der Waals surface area contributed by atoms with Crippen molar-refractivity contribution in [1.82, 2.24) is 0 Å². The fraction of sp³-hybridized carbons (Fsp3) is 0.294. The van der Waals surface area contributed by atoms with Crippen LogP contribution in [0, 0.1) is 12.7 Å². The number of rotatable bonds is 5. The molecule has 0 radical (unpaired) electrons. The van der Waals surface area contributed by atoms with Crippen LogP contribution in [0.4, 0.5) is 4.39 Å². The minimum absolute atomic E-state index is 0.213. The molecule has 1 unspecified atom stereocenters. The molecule has 0 aliphatic carbocycles. The van der Waals surface area contributed by atoms with E-state index in [9.17, 15) is 4.39 Å². The van der Waals surface area contributed by atoms with E-state index in [-0.39, 0.29) is 11.2 Å². The van der Waals surface area contributed by atoms with Crippen molar-refractivity contribution in [2.45, 2.75) is 18.7 Å². The van der Waals surface area contributed by atoms with E-state index < -0.39 is 0 Å². The van der Waals surface area contributed by atoms with Gasteiger partial charge in [0.1, 0.15) is 5.82 Å². The van der Waals surface area contributed by atoms with Gasteiger partial charge in [0.25, 0.3) is 0 Å². The van der Waals surface area contributed by atoms with Gasteiger partial charge in [-0.3, -0.25) is 0 Å². The first-order chi connectivity index (χ1) is 10.0. The van der Waals surface area contributed by atoms with Crippen molar-refractivity contribution < 1.29 is 13.9 Å². The van der Waals surface area contributed by atoms with Crippen molar-refractivity contribution in [3.63, 3.8) is 0 Å². The fourth-order valence-corrected chi connectivity index (χ4v) is 2.68. The molecule has 0 aliphatic heterocycles. The summed E-state index contributed by atoms with van der Waals surface area (Å²) in [5.74, 6) is 1.10. The van der Waals surface area contributed by atoms with Gasteiger partial charge in [0.15, 0.2) is 11.5 Å². The molecular formula is C17H18ClFO2. The SMILES string of the molecule is COc1cc(C)c(C(Cl)Cc2ccc(F)cc2)cc1OC. The minimum Gasteiger partial charge on any atom is -0.493 e. The Morgan fingerprint density at radius 2 is 1.62 bits per heavy atom. The first-order valence-corrected chi connectivity index (χ1v) is 7.09. The highest BCUT2D eigenvalue weighted by atomic mass is 35.5. The zero-order valence-corrected chi connectivity index (χ0v) is 13.1. The number of halogens is 2. The smallest absolute Gasteiger partial charge is 0.161 e. The summed E-state index contributed by atoms with van der Waals surface area (Å²) >= 11 is 6.52. The monoisotopic (exact) mass is 308 g/mol. The lowest BCUT2D eigenvalue weighted by Crippen LogP contribution is -2.01. The van der Waals surface area contributed by atoms with E-state index in [0.29, 0.717) is 17.9 Å². The van der Waals surface area contributed by atoms with Gasteiger partial charge >= 0.3 is 0 Å². The van der Waals surface area contributed by atoms with Crippen molar-refractivity contribution in [1.29, 1.82) is 0 Å². The molecule has 0 fully saturated rings. The van der Waals surface area contributed by atoms with E-state index in [1.165, 1.54) is 12.1 Å². The first kappa shape index (κ1) is 15.6. The maximum atomic E-state index is 12.9. The van der Waals surface area contributed by atoms with Crippen LogP contribution in [-0.2, 0) is 6.42 Å². The van der Waals surface area contributed by atoms with E-state index >= 15 is 0 Å². The normalized spacial score (nSPS) is 12.0. The summed E-state index contributed by atoms with van der Waals surface area (Å²) in [5.41, 5.74) is 3.01. The first-order valence-electron chi connectivity index (χ1n) is 6.66. The van der Waals surface area contributed by atoms with Crippen molar-refractivity contribution in [2.75, 3.05) is 14.2 Å². The average molecular weight is 309 g/mol. The lowest BCUT2D eigenvalue weighted by atomic mass is 9.99. The van der Waals surface area contributed by atoms with Crippen LogP contribution in [0.5, 0.6) is 11.5 Å². The molecule has 2 nitrogen and oxygen atoms in total. The Labute approximate surface area is 129 Å². The van der Waals surface area contributed by atoms with Crippen LogP contribution >= 0.6 is 11.6 Å². The summed E-state index contributed by atoms with van der Waals surface area (Å²) in [6.07, 6.45) is 0.623. The summed E-state index contributed by atoms with van der Waals surface area (Å²) in [4.78, 5) is 0. The number of benzene rings is 2. The molecule has 0 amide bonds.